The van der Waals surface area contributed by atoms with Crippen molar-refractivity contribution in [1.82, 2.24) is 10.2 Å². The van der Waals surface area contributed by atoms with Crippen LogP contribution in [0.2, 0.25) is 4.34 Å². The number of sulfonamides is 1. The predicted molar refractivity (Wildman–Crippen MR) is 69.6 cm³/mol. The Bertz CT molecular complexity index is 601. The highest BCUT2D eigenvalue weighted by molar-refractivity contribution is 7.95. The third kappa shape index (κ3) is 2.30. The first-order chi connectivity index (χ1) is 7.93. The minimum Gasteiger partial charge on any atom is -0.242 e. The molecule has 2 aromatic heterocycles. The Hall–Kier alpha value is -0.700. The van der Waals surface area contributed by atoms with Crippen LogP contribution < -0.4 is 4.31 Å². The Balaban J connectivity index is 2.43. The van der Waals surface area contributed by atoms with Gasteiger partial charge in [0.25, 0.3) is 10.0 Å². The Labute approximate surface area is 112 Å². The summed E-state index contributed by atoms with van der Waals surface area (Å²) in [6.07, 6.45) is 0. The molecule has 0 unspecified atom stereocenters. The first kappa shape index (κ1) is 12.7. The van der Waals surface area contributed by atoms with Gasteiger partial charge < -0.3 is 0 Å². The lowest BCUT2D eigenvalue weighted by molar-refractivity contribution is 0.596. The maximum absolute atomic E-state index is 12.2. The SMILES string of the molecule is Cc1cc(S(=O)(=O)N(C)c2nncs2)sc1Cl. The van der Waals surface area contributed by atoms with Crippen molar-refractivity contribution in [1.29, 1.82) is 0 Å². The maximum atomic E-state index is 12.2. The molecule has 2 aromatic rings. The zero-order valence-corrected chi connectivity index (χ0v) is 12.1. The highest BCUT2D eigenvalue weighted by Crippen LogP contribution is 2.33. The normalized spacial score (nSPS) is 11.7. The van der Waals surface area contributed by atoms with Gasteiger partial charge in [-0.1, -0.05) is 22.9 Å². The highest BCUT2D eigenvalue weighted by Gasteiger charge is 2.26. The number of aromatic nitrogens is 2. The van der Waals surface area contributed by atoms with Gasteiger partial charge in [-0.15, -0.1) is 21.5 Å². The van der Waals surface area contributed by atoms with Crippen LogP contribution in [0.25, 0.3) is 0 Å². The van der Waals surface area contributed by atoms with Gasteiger partial charge >= 0.3 is 0 Å². The van der Waals surface area contributed by atoms with E-state index in [9.17, 15) is 8.42 Å². The smallest absolute Gasteiger partial charge is 0.242 e. The lowest BCUT2D eigenvalue weighted by atomic mass is 10.4. The molecule has 0 amide bonds. The zero-order chi connectivity index (χ0) is 12.6. The zero-order valence-electron chi connectivity index (χ0n) is 8.92. The van der Waals surface area contributed by atoms with Crippen LogP contribution in [0.5, 0.6) is 0 Å². The van der Waals surface area contributed by atoms with E-state index in [4.69, 9.17) is 11.6 Å². The summed E-state index contributed by atoms with van der Waals surface area (Å²) in [7, 11) is -2.15. The predicted octanol–water partition coefficient (Wildman–Crippen LogP) is 2.39. The number of halogens is 1. The van der Waals surface area contributed by atoms with Gasteiger partial charge in [0.2, 0.25) is 5.13 Å². The van der Waals surface area contributed by atoms with Crippen LogP contribution in [0.4, 0.5) is 5.13 Å². The summed E-state index contributed by atoms with van der Waals surface area (Å²) in [6.45, 7) is 1.77. The molecule has 2 rings (SSSR count). The Morgan fingerprint density at radius 1 is 1.47 bits per heavy atom. The van der Waals surface area contributed by atoms with Crippen LogP contribution in [0.15, 0.2) is 15.8 Å². The fourth-order valence-electron chi connectivity index (χ4n) is 1.10. The molecule has 0 N–H and O–H groups in total. The number of hydrogen-bond acceptors (Lipinski definition) is 6. The van der Waals surface area contributed by atoms with Crippen molar-refractivity contribution in [2.24, 2.45) is 0 Å². The third-order valence-electron chi connectivity index (χ3n) is 2.07. The Kier molecular flexibility index (Phi) is 3.39. The van der Waals surface area contributed by atoms with Crippen LogP contribution in [0, 0.1) is 6.92 Å². The van der Waals surface area contributed by atoms with Crippen molar-refractivity contribution >= 4 is 49.4 Å². The summed E-state index contributed by atoms with van der Waals surface area (Å²) >= 11 is 8.07. The van der Waals surface area contributed by atoms with E-state index < -0.39 is 10.0 Å². The molecule has 5 nitrogen and oxygen atoms in total. The molecule has 0 aliphatic carbocycles. The average Bonchev–Trinajstić information content (AvgIpc) is 2.88. The topological polar surface area (TPSA) is 63.2 Å². The van der Waals surface area contributed by atoms with E-state index in [2.05, 4.69) is 10.2 Å². The van der Waals surface area contributed by atoms with Gasteiger partial charge in [-0.2, -0.15) is 0 Å². The van der Waals surface area contributed by atoms with Gasteiger partial charge in [0.05, 0.1) is 4.34 Å². The van der Waals surface area contributed by atoms with E-state index in [1.165, 1.54) is 12.6 Å². The summed E-state index contributed by atoms with van der Waals surface area (Å²) in [6, 6.07) is 1.56. The van der Waals surface area contributed by atoms with Crippen molar-refractivity contribution < 1.29 is 8.42 Å². The summed E-state index contributed by atoms with van der Waals surface area (Å²) in [5.74, 6) is 0. The lowest BCUT2D eigenvalue weighted by Crippen LogP contribution is -2.25. The van der Waals surface area contributed by atoms with Crippen LogP contribution >= 0.6 is 34.3 Å². The largest absolute Gasteiger partial charge is 0.275 e. The number of aryl methyl sites for hydroxylation is 1. The number of rotatable bonds is 3. The van der Waals surface area contributed by atoms with E-state index >= 15 is 0 Å². The lowest BCUT2D eigenvalue weighted by Gasteiger charge is -2.13. The molecule has 0 radical (unpaired) electrons. The first-order valence-electron chi connectivity index (χ1n) is 4.44. The molecule has 9 heteroatoms. The molecule has 0 spiro atoms. The van der Waals surface area contributed by atoms with Crippen LogP contribution in [-0.4, -0.2) is 25.7 Å². The fourth-order valence-corrected chi connectivity index (χ4v) is 4.87. The minimum atomic E-state index is -3.59. The van der Waals surface area contributed by atoms with Gasteiger partial charge in [0.15, 0.2) is 0 Å². The van der Waals surface area contributed by atoms with Gasteiger partial charge in [-0.25, -0.2) is 12.7 Å². The second-order valence-corrected chi connectivity index (χ2v) is 7.88. The molecule has 0 saturated heterocycles. The van der Waals surface area contributed by atoms with Crippen molar-refractivity contribution in [3.8, 4) is 0 Å². The third-order valence-corrected chi connectivity index (χ3v) is 6.70. The number of thiophene rings is 1. The standard InChI is InChI=1S/C8H8ClN3O2S3/c1-5-3-6(16-7(5)9)17(13,14)12(2)8-11-10-4-15-8/h3-4H,1-2H3. The van der Waals surface area contributed by atoms with Gasteiger partial charge in [0, 0.05) is 7.05 Å². The summed E-state index contributed by atoms with van der Waals surface area (Å²) in [5, 5.41) is 7.66. The molecule has 92 valence electrons. The summed E-state index contributed by atoms with van der Waals surface area (Å²) < 4.78 is 26.2. The van der Waals surface area contributed by atoms with E-state index in [0.29, 0.717) is 9.47 Å². The molecule has 0 aliphatic rings. The Morgan fingerprint density at radius 3 is 2.65 bits per heavy atom. The summed E-state index contributed by atoms with van der Waals surface area (Å²) in [4.78, 5) is 0. The second kappa shape index (κ2) is 4.52. The second-order valence-electron chi connectivity index (χ2n) is 3.22. The van der Waals surface area contributed by atoms with Crippen molar-refractivity contribution in [2.75, 3.05) is 11.4 Å². The maximum Gasteiger partial charge on any atom is 0.275 e. The number of anilines is 1. The molecule has 0 saturated carbocycles. The fraction of sp³-hybridized carbons (Fsp3) is 0.250. The molecule has 17 heavy (non-hydrogen) atoms. The molecular formula is C8H8ClN3O2S3. The minimum absolute atomic E-state index is 0.206. The highest BCUT2D eigenvalue weighted by atomic mass is 35.5. The molecule has 2 heterocycles. The van der Waals surface area contributed by atoms with Crippen molar-refractivity contribution in [3.05, 3.63) is 21.5 Å². The number of nitrogens with zero attached hydrogens (tertiary/aromatic N) is 3. The molecule has 0 fully saturated rings. The average molecular weight is 310 g/mol. The Morgan fingerprint density at radius 2 is 2.18 bits per heavy atom. The molecule has 0 aliphatic heterocycles. The first-order valence-corrected chi connectivity index (χ1v) is 7.95. The quantitative estimate of drug-likeness (QED) is 0.873. The van der Waals surface area contributed by atoms with E-state index in [-0.39, 0.29) is 4.21 Å². The molecule has 0 aromatic carbocycles. The van der Waals surface area contributed by atoms with Gasteiger partial charge in [0.1, 0.15) is 9.72 Å². The van der Waals surface area contributed by atoms with E-state index in [0.717, 1.165) is 32.5 Å². The molecule has 0 bridgehead atoms. The van der Waals surface area contributed by atoms with E-state index in [1.807, 2.05) is 0 Å². The van der Waals surface area contributed by atoms with Crippen molar-refractivity contribution in [2.45, 2.75) is 11.1 Å². The molecular weight excluding hydrogens is 302 g/mol. The van der Waals surface area contributed by atoms with Gasteiger partial charge in [-0.3, -0.25) is 0 Å². The summed E-state index contributed by atoms with van der Waals surface area (Å²) in [5.41, 5.74) is 2.23. The van der Waals surface area contributed by atoms with E-state index in [1.54, 1.807) is 13.0 Å². The van der Waals surface area contributed by atoms with Crippen molar-refractivity contribution in [3.63, 3.8) is 0 Å². The molecule has 0 atom stereocenters. The monoisotopic (exact) mass is 309 g/mol. The van der Waals surface area contributed by atoms with Gasteiger partial charge in [-0.05, 0) is 18.6 Å². The van der Waals surface area contributed by atoms with Crippen LogP contribution in [0.1, 0.15) is 5.56 Å². The number of hydrogen-bond donors (Lipinski definition) is 0. The van der Waals surface area contributed by atoms with Crippen LogP contribution in [0.3, 0.4) is 0 Å². The van der Waals surface area contributed by atoms with Crippen LogP contribution in [-0.2, 0) is 10.0 Å².